The highest BCUT2D eigenvalue weighted by Gasteiger charge is 2.20. The molecule has 0 fully saturated rings. The van der Waals surface area contributed by atoms with Gasteiger partial charge in [0.1, 0.15) is 12.3 Å². The summed E-state index contributed by atoms with van der Waals surface area (Å²) >= 11 is 0. The van der Waals surface area contributed by atoms with Crippen molar-refractivity contribution in [1.82, 2.24) is 4.57 Å². The Bertz CT molecular complexity index is 1480. The van der Waals surface area contributed by atoms with Gasteiger partial charge in [0.25, 0.3) is 0 Å². The largest absolute Gasteiger partial charge is 0.493 e. The molecular formula is C28H23N2O2+. The second kappa shape index (κ2) is 7.65. The molecule has 4 nitrogen and oxygen atoms in total. The van der Waals surface area contributed by atoms with Crippen LogP contribution >= 0.6 is 0 Å². The normalized spacial score (nSPS) is 12.8. The van der Waals surface area contributed by atoms with Crippen molar-refractivity contribution in [2.45, 2.75) is 19.5 Å². The first-order valence-electron chi connectivity index (χ1n) is 11.0. The number of fused-ring (bicyclic) bond motifs is 3. The molecular weight excluding hydrogens is 396 g/mol. The van der Waals surface area contributed by atoms with E-state index >= 15 is 0 Å². The summed E-state index contributed by atoms with van der Waals surface area (Å²) in [5, 5.41) is 2.24. The van der Waals surface area contributed by atoms with Crippen LogP contribution in [0.2, 0.25) is 0 Å². The number of benzene rings is 4. The number of ketones is 1. The van der Waals surface area contributed by atoms with Crippen LogP contribution in [-0.4, -0.2) is 17.0 Å². The highest BCUT2D eigenvalue weighted by atomic mass is 16.5. The topological polar surface area (TPSA) is 35.1 Å². The quantitative estimate of drug-likeness (QED) is 0.299. The predicted octanol–water partition coefficient (Wildman–Crippen LogP) is 4.95. The fraction of sp³-hybridized carbons (Fsp3) is 0.143. The lowest BCUT2D eigenvalue weighted by atomic mass is 10.0. The van der Waals surface area contributed by atoms with Crippen LogP contribution < -0.4 is 9.30 Å². The zero-order valence-corrected chi connectivity index (χ0v) is 17.7. The molecule has 0 unspecified atom stereocenters. The average molecular weight is 420 g/mol. The van der Waals surface area contributed by atoms with Crippen molar-refractivity contribution in [3.05, 3.63) is 108 Å². The molecule has 32 heavy (non-hydrogen) atoms. The molecule has 0 aliphatic carbocycles. The maximum Gasteiger partial charge on any atom is 0.245 e. The smallest absolute Gasteiger partial charge is 0.245 e. The van der Waals surface area contributed by atoms with Crippen LogP contribution in [0.5, 0.6) is 5.75 Å². The fourth-order valence-corrected chi connectivity index (χ4v) is 4.64. The molecule has 2 heterocycles. The van der Waals surface area contributed by atoms with Crippen molar-refractivity contribution in [2.75, 3.05) is 6.61 Å². The Hall–Kier alpha value is -3.92. The number of ether oxygens (including phenoxy) is 1. The van der Waals surface area contributed by atoms with Gasteiger partial charge in [-0.25, -0.2) is 9.13 Å². The highest BCUT2D eigenvalue weighted by molar-refractivity contribution is 6.00. The first kappa shape index (κ1) is 18.8. The number of hydrogen-bond acceptors (Lipinski definition) is 2. The molecule has 5 aromatic rings. The van der Waals surface area contributed by atoms with E-state index in [0.717, 1.165) is 52.7 Å². The summed E-state index contributed by atoms with van der Waals surface area (Å²) in [5.74, 6) is 1.11. The predicted molar refractivity (Wildman–Crippen MR) is 125 cm³/mol. The van der Waals surface area contributed by atoms with Gasteiger partial charge in [-0.15, -0.1) is 0 Å². The second-order valence-corrected chi connectivity index (χ2v) is 8.39. The lowest BCUT2D eigenvalue weighted by molar-refractivity contribution is -0.663. The Morgan fingerprint density at radius 2 is 1.75 bits per heavy atom. The molecule has 0 saturated carbocycles. The Morgan fingerprint density at radius 3 is 2.69 bits per heavy atom. The van der Waals surface area contributed by atoms with Gasteiger partial charge in [0.2, 0.25) is 12.1 Å². The van der Waals surface area contributed by atoms with E-state index in [1.165, 1.54) is 11.1 Å². The lowest BCUT2D eigenvalue weighted by Crippen LogP contribution is -2.33. The first-order valence-corrected chi connectivity index (χ1v) is 11.0. The number of nitrogens with zero attached hydrogens (tertiary/aromatic N) is 2. The monoisotopic (exact) mass is 419 g/mol. The molecule has 4 heteroatoms. The van der Waals surface area contributed by atoms with Crippen molar-refractivity contribution in [1.29, 1.82) is 0 Å². The summed E-state index contributed by atoms with van der Waals surface area (Å²) in [7, 11) is 0. The molecule has 1 aliphatic heterocycles. The molecule has 156 valence electrons. The van der Waals surface area contributed by atoms with Gasteiger partial charge >= 0.3 is 0 Å². The van der Waals surface area contributed by atoms with E-state index in [2.05, 4.69) is 51.9 Å². The molecule has 0 spiro atoms. The molecule has 6 rings (SSSR count). The molecule has 1 aliphatic rings. The standard InChI is InChI=1S/C28H23N2O2/c31-27(23-11-10-21-5-1-2-6-22(21)16-23)18-30-19-29(25-7-3-4-8-26(25)30)17-20-9-12-28-24(15-20)13-14-32-28/h1-12,15-16,19H,13-14,17-18H2/q+1. The van der Waals surface area contributed by atoms with E-state index < -0.39 is 0 Å². The average Bonchev–Trinajstić information content (AvgIpc) is 3.43. The van der Waals surface area contributed by atoms with Crippen LogP contribution in [0.25, 0.3) is 21.8 Å². The zero-order valence-electron chi connectivity index (χ0n) is 17.7. The van der Waals surface area contributed by atoms with Gasteiger partial charge in [-0.3, -0.25) is 4.79 Å². The molecule has 0 radical (unpaired) electrons. The summed E-state index contributed by atoms with van der Waals surface area (Å²) in [6, 6.07) is 28.8. The van der Waals surface area contributed by atoms with Crippen LogP contribution in [0.3, 0.4) is 0 Å². The van der Waals surface area contributed by atoms with Crippen LogP contribution in [0.15, 0.2) is 91.3 Å². The zero-order chi connectivity index (χ0) is 21.5. The van der Waals surface area contributed by atoms with Crippen molar-refractivity contribution >= 4 is 27.6 Å². The third kappa shape index (κ3) is 3.34. The minimum absolute atomic E-state index is 0.110. The number of Topliss-reactive ketones (excluding diaryl/α,β-unsaturated/α-hetero) is 1. The number of aromatic nitrogens is 2. The van der Waals surface area contributed by atoms with Crippen molar-refractivity contribution in [3.8, 4) is 5.75 Å². The van der Waals surface area contributed by atoms with Crippen LogP contribution in [0.4, 0.5) is 0 Å². The third-order valence-corrected chi connectivity index (χ3v) is 6.27. The summed E-state index contributed by atoms with van der Waals surface area (Å²) < 4.78 is 9.92. The van der Waals surface area contributed by atoms with Gasteiger partial charge < -0.3 is 4.74 Å². The van der Waals surface area contributed by atoms with Gasteiger partial charge in [0.05, 0.1) is 6.61 Å². The van der Waals surface area contributed by atoms with Gasteiger partial charge in [-0.05, 0) is 52.2 Å². The first-order chi connectivity index (χ1) is 15.7. The molecule has 4 aromatic carbocycles. The Balaban J connectivity index is 1.32. The Kier molecular flexibility index (Phi) is 4.50. The van der Waals surface area contributed by atoms with Gasteiger partial charge in [-0.1, -0.05) is 54.6 Å². The molecule has 1 aromatic heterocycles. The van der Waals surface area contributed by atoms with Crippen LogP contribution in [0, 0.1) is 0 Å². The fourth-order valence-electron chi connectivity index (χ4n) is 4.64. The van der Waals surface area contributed by atoms with Crippen molar-refractivity contribution in [3.63, 3.8) is 0 Å². The summed E-state index contributed by atoms with van der Waals surface area (Å²) in [6.07, 6.45) is 3.03. The molecule has 0 N–H and O–H groups in total. The summed E-state index contributed by atoms with van der Waals surface area (Å²) in [6.45, 7) is 1.83. The molecule has 0 atom stereocenters. The van der Waals surface area contributed by atoms with E-state index in [1.807, 2.05) is 48.5 Å². The van der Waals surface area contributed by atoms with Gasteiger partial charge in [0, 0.05) is 12.0 Å². The van der Waals surface area contributed by atoms with Gasteiger partial charge in [-0.2, -0.15) is 0 Å². The SMILES string of the molecule is O=C(Cn1c[n+](Cc2ccc3c(c2)CCO3)c2ccccc21)c1ccc2ccccc2c1. The number of imidazole rings is 1. The van der Waals surface area contributed by atoms with E-state index in [4.69, 9.17) is 4.74 Å². The summed E-state index contributed by atoms with van der Waals surface area (Å²) in [5.41, 5.74) is 5.44. The lowest BCUT2D eigenvalue weighted by Gasteiger charge is -2.03. The van der Waals surface area contributed by atoms with E-state index in [-0.39, 0.29) is 5.78 Å². The van der Waals surface area contributed by atoms with Crippen molar-refractivity contribution < 1.29 is 14.1 Å². The van der Waals surface area contributed by atoms with Crippen LogP contribution in [0.1, 0.15) is 21.5 Å². The molecule has 0 bridgehead atoms. The minimum Gasteiger partial charge on any atom is -0.493 e. The number of hydrogen-bond donors (Lipinski definition) is 0. The summed E-state index contributed by atoms with van der Waals surface area (Å²) in [4.78, 5) is 13.2. The molecule has 0 amide bonds. The van der Waals surface area contributed by atoms with Gasteiger partial charge in [0.15, 0.2) is 17.6 Å². The second-order valence-electron chi connectivity index (χ2n) is 8.39. The van der Waals surface area contributed by atoms with E-state index in [9.17, 15) is 4.79 Å². The number of carbonyl (C=O) groups is 1. The number of rotatable bonds is 5. The van der Waals surface area contributed by atoms with E-state index in [1.54, 1.807) is 0 Å². The number of carbonyl (C=O) groups excluding carboxylic acids is 1. The van der Waals surface area contributed by atoms with E-state index in [0.29, 0.717) is 6.54 Å². The maximum absolute atomic E-state index is 13.2. The Labute approximate surface area is 186 Å². The molecule has 0 saturated heterocycles. The highest BCUT2D eigenvalue weighted by Crippen LogP contribution is 2.26. The maximum atomic E-state index is 13.2. The minimum atomic E-state index is 0.110. The third-order valence-electron chi connectivity index (χ3n) is 6.27. The number of para-hydroxylation sites is 2. The van der Waals surface area contributed by atoms with Crippen molar-refractivity contribution in [2.24, 2.45) is 0 Å². The van der Waals surface area contributed by atoms with Crippen LogP contribution in [-0.2, 0) is 19.5 Å². The Morgan fingerprint density at radius 1 is 0.906 bits per heavy atom.